The van der Waals surface area contributed by atoms with Crippen molar-refractivity contribution in [1.82, 2.24) is 0 Å². The van der Waals surface area contributed by atoms with Gasteiger partial charge in [0, 0.05) is 10.9 Å². The molecule has 0 fully saturated rings. The van der Waals surface area contributed by atoms with Crippen molar-refractivity contribution < 1.29 is 5.11 Å². The summed E-state index contributed by atoms with van der Waals surface area (Å²) >= 11 is 0. The van der Waals surface area contributed by atoms with Gasteiger partial charge in [0.05, 0.1) is 0 Å². The van der Waals surface area contributed by atoms with Crippen molar-refractivity contribution in [1.29, 1.82) is 0 Å². The molecule has 0 amide bonds. The zero-order chi connectivity index (χ0) is 11.4. The third-order valence-electron chi connectivity index (χ3n) is 3.47. The first-order valence-corrected chi connectivity index (χ1v) is 5.70. The molecule has 0 unspecified atom stereocenters. The minimum absolute atomic E-state index is 0.382. The highest BCUT2D eigenvalue weighted by Crippen LogP contribution is 2.39. The molecule has 0 aliphatic heterocycles. The summed E-state index contributed by atoms with van der Waals surface area (Å²) in [5.74, 6) is 0.382. The van der Waals surface area contributed by atoms with Crippen LogP contribution in [0.3, 0.4) is 0 Å². The molecule has 0 saturated heterocycles. The van der Waals surface area contributed by atoms with Gasteiger partial charge in [-0.1, -0.05) is 42.5 Å². The molecule has 1 aliphatic rings. The van der Waals surface area contributed by atoms with Crippen LogP contribution in [0.25, 0.3) is 33.4 Å². The molecular weight excluding hydrogens is 208 g/mol. The highest BCUT2D eigenvalue weighted by atomic mass is 16.3. The third-order valence-corrected chi connectivity index (χ3v) is 3.47. The number of rotatable bonds is 0. The van der Waals surface area contributed by atoms with Crippen molar-refractivity contribution in [3.05, 3.63) is 59.7 Å². The van der Waals surface area contributed by atoms with E-state index in [-0.39, 0.29) is 0 Å². The summed E-state index contributed by atoms with van der Waals surface area (Å²) in [6, 6.07) is 16.6. The Kier molecular flexibility index (Phi) is 1.50. The third kappa shape index (κ3) is 1.03. The molecule has 0 aromatic heterocycles. The zero-order valence-electron chi connectivity index (χ0n) is 9.14. The molecule has 0 atom stereocenters. The predicted octanol–water partition coefficient (Wildman–Crippen LogP) is 4.36. The summed E-state index contributed by atoms with van der Waals surface area (Å²) in [7, 11) is 0. The van der Waals surface area contributed by atoms with Crippen LogP contribution in [0.4, 0.5) is 0 Å². The molecule has 3 aromatic rings. The normalized spacial score (nSPS) is 13.3. The van der Waals surface area contributed by atoms with E-state index in [1.807, 2.05) is 30.3 Å². The largest absolute Gasteiger partial charge is 0.507 e. The van der Waals surface area contributed by atoms with Crippen LogP contribution in [0.2, 0.25) is 0 Å². The van der Waals surface area contributed by atoms with Gasteiger partial charge in [-0.25, -0.2) is 0 Å². The van der Waals surface area contributed by atoms with E-state index in [0.29, 0.717) is 5.76 Å². The van der Waals surface area contributed by atoms with E-state index in [4.69, 9.17) is 0 Å². The Bertz CT molecular complexity index is 797. The molecule has 3 aromatic carbocycles. The molecule has 0 radical (unpaired) electrons. The highest BCUT2D eigenvalue weighted by Gasteiger charge is 2.18. The second kappa shape index (κ2) is 2.89. The molecule has 0 saturated carbocycles. The van der Waals surface area contributed by atoms with Gasteiger partial charge in [-0.05, 0) is 33.9 Å². The smallest absolute Gasteiger partial charge is 0.124 e. The average Bonchev–Trinajstić information content (AvgIpc) is 2.69. The standard InChI is InChI=1S/C16H10O/c17-14-9-12-6-3-5-11-8-10-4-1-2-7-13(10)16(14)15(11)12/h1-9,17H. The van der Waals surface area contributed by atoms with Crippen molar-refractivity contribution in [2.45, 2.75) is 0 Å². The van der Waals surface area contributed by atoms with Crippen molar-refractivity contribution >= 4 is 33.4 Å². The number of hydrogen-bond donors (Lipinski definition) is 1. The molecule has 17 heavy (non-hydrogen) atoms. The molecule has 0 spiro atoms. The van der Waals surface area contributed by atoms with E-state index < -0.39 is 0 Å². The first kappa shape index (κ1) is 8.82. The fraction of sp³-hybridized carbons (Fsp3) is 0. The van der Waals surface area contributed by atoms with Gasteiger partial charge < -0.3 is 5.11 Å². The molecule has 0 bridgehead atoms. The lowest BCUT2D eigenvalue weighted by Gasteiger charge is -2.07. The highest BCUT2D eigenvalue weighted by molar-refractivity contribution is 6.16. The number of hydrogen-bond acceptors (Lipinski definition) is 1. The van der Waals surface area contributed by atoms with E-state index in [9.17, 15) is 5.11 Å². The average molecular weight is 218 g/mol. The first-order valence-electron chi connectivity index (χ1n) is 5.70. The lowest BCUT2D eigenvalue weighted by Crippen LogP contribution is -1.85. The summed E-state index contributed by atoms with van der Waals surface area (Å²) in [5, 5.41) is 14.8. The van der Waals surface area contributed by atoms with Gasteiger partial charge in [0.1, 0.15) is 5.76 Å². The van der Waals surface area contributed by atoms with E-state index in [0.717, 1.165) is 16.5 Å². The van der Waals surface area contributed by atoms with Gasteiger partial charge in [0.25, 0.3) is 0 Å². The second-order valence-corrected chi connectivity index (χ2v) is 4.45. The van der Waals surface area contributed by atoms with Crippen LogP contribution in [0.1, 0.15) is 11.1 Å². The summed E-state index contributed by atoms with van der Waals surface area (Å²) in [5.41, 5.74) is 2.09. The molecule has 1 aliphatic carbocycles. The zero-order valence-corrected chi connectivity index (χ0v) is 9.14. The van der Waals surface area contributed by atoms with Gasteiger partial charge in [-0.2, -0.15) is 0 Å². The Balaban J connectivity index is 2.37. The number of fused-ring (bicyclic) bond motifs is 2. The minimum Gasteiger partial charge on any atom is -0.507 e. The maximum absolute atomic E-state index is 10.1. The van der Waals surface area contributed by atoms with Gasteiger partial charge in [0.2, 0.25) is 0 Å². The summed E-state index contributed by atoms with van der Waals surface area (Å²) in [6.07, 6.45) is 1.85. The Morgan fingerprint density at radius 2 is 1.65 bits per heavy atom. The van der Waals surface area contributed by atoms with Gasteiger partial charge >= 0.3 is 0 Å². The number of benzene rings is 3. The van der Waals surface area contributed by atoms with Crippen molar-refractivity contribution in [3.8, 4) is 0 Å². The molecular formula is C16H10O. The SMILES string of the molecule is OC1=Cc2cccc3cc4ccccc4c1c23. The van der Waals surface area contributed by atoms with Crippen LogP contribution in [0.5, 0.6) is 0 Å². The lowest BCUT2D eigenvalue weighted by atomic mass is 9.97. The van der Waals surface area contributed by atoms with Crippen LogP contribution >= 0.6 is 0 Å². The molecule has 1 nitrogen and oxygen atoms in total. The number of aliphatic hydroxyl groups is 1. The predicted molar refractivity (Wildman–Crippen MR) is 72.0 cm³/mol. The molecule has 4 rings (SSSR count). The molecule has 0 heterocycles. The van der Waals surface area contributed by atoms with Crippen molar-refractivity contribution in [2.75, 3.05) is 0 Å². The Labute approximate surface area is 98.6 Å². The summed E-state index contributed by atoms with van der Waals surface area (Å²) in [6.45, 7) is 0. The fourth-order valence-corrected chi connectivity index (χ4v) is 2.76. The Morgan fingerprint density at radius 3 is 2.59 bits per heavy atom. The molecule has 1 heteroatoms. The fourth-order valence-electron chi connectivity index (χ4n) is 2.76. The molecule has 1 N–H and O–H groups in total. The Morgan fingerprint density at radius 1 is 0.824 bits per heavy atom. The lowest BCUT2D eigenvalue weighted by molar-refractivity contribution is 0.518. The van der Waals surface area contributed by atoms with E-state index in [1.165, 1.54) is 16.2 Å². The van der Waals surface area contributed by atoms with Crippen LogP contribution in [0, 0.1) is 0 Å². The van der Waals surface area contributed by atoms with Crippen LogP contribution in [-0.4, -0.2) is 5.11 Å². The van der Waals surface area contributed by atoms with Crippen LogP contribution in [0.15, 0.2) is 48.5 Å². The quantitative estimate of drug-likeness (QED) is 0.556. The van der Waals surface area contributed by atoms with Crippen molar-refractivity contribution in [2.24, 2.45) is 0 Å². The van der Waals surface area contributed by atoms with E-state index in [2.05, 4.69) is 24.3 Å². The second-order valence-electron chi connectivity index (χ2n) is 4.45. The Hall–Kier alpha value is -2.28. The van der Waals surface area contributed by atoms with Gasteiger partial charge in [-0.3, -0.25) is 0 Å². The van der Waals surface area contributed by atoms with Crippen LogP contribution in [-0.2, 0) is 0 Å². The monoisotopic (exact) mass is 218 g/mol. The first-order chi connectivity index (χ1) is 8.34. The topological polar surface area (TPSA) is 20.2 Å². The number of aliphatic hydroxyl groups excluding tert-OH is 1. The molecule has 80 valence electrons. The van der Waals surface area contributed by atoms with E-state index >= 15 is 0 Å². The maximum Gasteiger partial charge on any atom is 0.124 e. The van der Waals surface area contributed by atoms with Crippen LogP contribution < -0.4 is 0 Å². The van der Waals surface area contributed by atoms with Gasteiger partial charge in [0.15, 0.2) is 0 Å². The summed E-state index contributed by atoms with van der Waals surface area (Å²) in [4.78, 5) is 0. The summed E-state index contributed by atoms with van der Waals surface area (Å²) < 4.78 is 0. The van der Waals surface area contributed by atoms with Gasteiger partial charge in [-0.15, -0.1) is 0 Å². The minimum atomic E-state index is 0.382. The van der Waals surface area contributed by atoms with Crippen molar-refractivity contribution in [3.63, 3.8) is 0 Å². The maximum atomic E-state index is 10.1. The van der Waals surface area contributed by atoms with E-state index in [1.54, 1.807) is 0 Å².